The minimum Gasteiger partial charge on any atom is -0.454 e. The van der Waals surface area contributed by atoms with Crippen molar-refractivity contribution in [2.24, 2.45) is 5.92 Å². The van der Waals surface area contributed by atoms with Crippen LogP contribution in [-0.4, -0.2) is 36.6 Å². The van der Waals surface area contributed by atoms with E-state index >= 15 is 0 Å². The maximum absolute atomic E-state index is 12.4. The summed E-state index contributed by atoms with van der Waals surface area (Å²) in [5, 5.41) is 0. The second-order valence-electron chi connectivity index (χ2n) is 5.96. The first-order valence-electron chi connectivity index (χ1n) is 7.30. The van der Waals surface area contributed by atoms with Crippen LogP contribution in [0.3, 0.4) is 0 Å². The Morgan fingerprint density at radius 2 is 2.05 bits per heavy atom. The summed E-state index contributed by atoms with van der Waals surface area (Å²) in [6.45, 7) is 6.05. The van der Waals surface area contributed by atoms with Crippen LogP contribution in [0.1, 0.15) is 37.0 Å². The van der Waals surface area contributed by atoms with Crippen LogP contribution in [0.25, 0.3) is 0 Å². The molecule has 1 aliphatic carbocycles. The Kier molecular flexibility index (Phi) is 3.66. The quantitative estimate of drug-likeness (QED) is 0.748. The van der Waals surface area contributed by atoms with Crippen LogP contribution in [-0.2, 0) is 0 Å². The van der Waals surface area contributed by atoms with Gasteiger partial charge in [0.15, 0.2) is 17.3 Å². The van der Waals surface area contributed by atoms with E-state index in [0.717, 1.165) is 18.2 Å². The number of hydrogen-bond acceptors (Lipinski definition) is 4. The minimum atomic E-state index is 0.151. The lowest BCUT2D eigenvalue weighted by Crippen LogP contribution is -2.37. The van der Waals surface area contributed by atoms with E-state index in [-0.39, 0.29) is 12.6 Å². The maximum atomic E-state index is 12.4. The van der Waals surface area contributed by atoms with E-state index in [4.69, 9.17) is 9.47 Å². The third-order valence-corrected chi connectivity index (χ3v) is 3.96. The van der Waals surface area contributed by atoms with Gasteiger partial charge in [-0.3, -0.25) is 9.69 Å². The van der Waals surface area contributed by atoms with E-state index in [2.05, 4.69) is 18.7 Å². The number of ether oxygens (including phenoxy) is 2. The number of carbonyl (C=O) groups excluding carboxylic acids is 1. The third-order valence-electron chi connectivity index (χ3n) is 3.96. The number of rotatable bonds is 6. The molecule has 0 aromatic heterocycles. The van der Waals surface area contributed by atoms with Gasteiger partial charge in [-0.1, -0.05) is 0 Å². The van der Waals surface area contributed by atoms with Crippen molar-refractivity contribution in [3.05, 3.63) is 23.8 Å². The molecule has 1 heterocycles. The average Bonchev–Trinajstić information content (AvgIpc) is 3.12. The van der Waals surface area contributed by atoms with Gasteiger partial charge < -0.3 is 9.47 Å². The Bertz CT molecular complexity index is 508. The van der Waals surface area contributed by atoms with Crippen LogP contribution < -0.4 is 9.47 Å². The largest absolute Gasteiger partial charge is 0.454 e. The number of fused-ring (bicyclic) bond motifs is 1. The van der Waals surface area contributed by atoms with Crippen LogP contribution in [0.4, 0.5) is 0 Å². The van der Waals surface area contributed by atoms with Crippen LogP contribution in [0, 0.1) is 5.92 Å². The van der Waals surface area contributed by atoms with Crippen LogP contribution in [0.5, 0.6) is 11.5 Å². The fourth-order valence-corrected chi connectivity index (χ4v) is 2.44. The molecule has 0 radical (unpaired) electrons. The Morgan fingerprint density at radius 3 is 2.75 bits per heavy atom. The highest BCUT2D eigenvalue weighted by Crippen LogP contribution is 2.33. The second kappa shape index (κ2) is 5.44. The van der Waals surface area contributed by atoms with Gasteiger partial charge in [-0.15, -0.1) is 0 Å². The fourth-order valence-electron chi connectivity index (χ4n) is 2.44. The van der Waals surface area contributed by atoms with Crippen LogP contribution in [0.15, 0.2) is 18.2 Å². The maximum Gasteiger partial charge on any atom is 0.231 e. The molecule has 1 saturated carbocycles. The van der Waals surface area contributed by atoms with Crippen molar-refractivity contribution < 1.29 is 14.3 Å². The van der Waals surface area contributed by atoms with Crippen molar-refractivity contribution in [2.75, 3.05) is 19.9 Å². The minimum absolute atomic E-state index is 0.151. The van der Waals surface area contributed by atoms with Crippen molar-refractivity contribution >= 4 is 5.78 Å². The Balaban J connectivity index is 1.67. The predicted molar refractivity (Wildman–Crippen MR) is 76.3 cm³/mol. The summed E-state index contributed by atoms with van der Waals surface area (Å²) in [5.74, 6) is 2.34. The molecule has 0 bridgehead atoms. The van der Waals surface area contributed by atoms with Gasteiger partial charge in [0.2, 0.25) is 6.79 Å². The van der Waals surface area contributed by atoms with E-state index in [1.807, 2.05) is 12.1 Å². The topological polar surface area (TPSA) is 38.8 Å². The molecule has 0 atom stereocenters. The van der Waals surface area contributed by atoms with Gasteiger partial charge in [0, 0.05) is 18.2 Å². The molecule has 0 unspecified atom stereocenters. The average molecular weight is 275 g/mol. The summed E-state index contributed by atoms with van der Waals surface area (Å²) < 4.78 is 10.6. The SMILES string of the molecule is CC(C)N(CC(=O)c1ccc2c(c1)OCO2)CC1CC1. The van der Waals surface area contributed by atoms with Gasteiger partial charge in [-0.05, 0) is 50.8 Å². The lowest BCUT2D eigenvalue weighted by molar-refractivity contribution is 0.0900. The van der Waals surface area contributed by atoms with Gasteiger partial charge in [0.25, 0.3) is 0 Å². The summed E-state index contributed by atoms with van der Waals surface area (Å²) in [7, 11) is 0. The fraction of sp³-hybridized carbons (Fsp3) is 0.562. The zero-order valence-electron chi connectivity index (χ0n) is 12.1. The molecular formula is C16H21NO3. The number of carbonyl (C=O) groups is 1. The van der Waals surface area contributed by atoms with Gasteiger partial charge in [-0.2, -0.15) is 0 Å². The lowest BCUT2D eigenvalue weighted by Gasteiger charge is -2.25. The van der Waals surface area contributed by atoms with E-state index in [0.29, 0.717) is 23.9 Å². The van der Waals surface area contributed by atoms with Crippen molar-refractivity contribution in [1.29, 1.82) is 0 Å². The summed E-state index contributed by atoms with van der Waals surface area (Å²) in [5.41, 5.74) is 0.704. The molecule has 4 nitrogen and oxygen atoms in total. The molecule has 2 aliphatic rings. The third kappa shape index (κ3) is 2.96. The molecule has 1 aliphatic heterocycles. The number of hydrogen-bond donors (Lipinski definition) is 0. The second-order valence-corrected chi connectivity index (χ2v) is 5.96. The van der Waals surface area contributed by atoms with Crippen LogP contribution >= 0.6 is 0 Å². The molecule has 1 fully saturated rings. The summed E-state index contributed by atoms with van der Waals surface area (Å²) in [4.78, 5) is 14.7. The molecule has 0 spiro atoms. The first kappa shape index (κ1) is 13.4. The molecule has 3 rings (SSSR count). The molecular weight excluding hydrogens is 254 g/mol. The van der Waals surface area contributed by atoms with E-state index in [1.54, 1.807) is 6.07 Å². The smallest absolute Gasteiger partial charge is 0.231 e. The lowest BCUT2D eigenvalue weighted by atomic mass is 10.1. The monoisotopic (exact) mass is 275 g/mol. The molecule has 0 saturated heterocycles. The van der Waals surface area contributed by atoms with Gasteiger partial charge >= 0.3 is 0 Å². The predicted octanol–water partition coefficient (Wildman–Crippen LogP) is 2.72. The Morgan fingerprint density at radius 1 is 1.30 bits per heavy atom. The number of Topliss-reactive ketones (excluding diaryl/α,β-unsaturated/α-hetero) is 1. The number of ketones is 1. The zero-order valence-corrected chi connectivity index (χ0v) is 12.1. The molecule has 1 aromatic carbocycles. The van der Waals surface area contributed by atoms with Crippen LogP contribution in [0.2, 0.25) is 0 Å². The summed E-state index contributed by atoms with van der Waals surface area (Å²) in [6, 6.07) is 5.83. The number of nitrogens with zero attached hydrogens (tertiary/aromatic N) is 1. The van der Waals surface area contributed by atoms with E-state index < -0.39 is 0 Å². The summed E-state index contributed by atoms with van der Waals surface area (Å²) >= 11 is 0. The van der Waals surface area contributed by atoms with Crippen molar-refractivity contribution in [3.63, 3.8) is 0 Å². The normalized spacial score (nSPS) is 17.0. The highest BCUT2D eigenvalue weighted by Gasteiger charge is 2.27. The molecule has 4 heteroatoms. The number of benzene rings is 1. The zero-order chi connectivity index (χ0) is 14.1. The van der Waals surface area contributed by atoms with E-state index in [9.17, 15) is 4.79 Å². The molecule has 0 N–H and O–H groups in total. The first-order chi connectivity index (χ1) is 9.63. The van der Waals surface area contributed by atoms with E-state index in [1.165, 1.54) is 12.8 Å². The van der Waals surface area contributed by atoms with Crippen molar-refractivity contribution in [3.8, 4) is 11.5 Å². The van der Waals surface area contributed by atoms with Gasteiger partial charge in [0.05, 0.1) is 6.54 Å². The molecule has 0 amide bonds. The molecule has 108 valence electrons. The van der Waals surface area contributed by atoms with Gasteiger partial charge in [-0.25, -0.2) is 0 Å². The first-order valence-corrected chi connectivity index (χ1v) is 7.30. The Labute approximate surface area is 119 Å². The van der Waals surface area contributed by atoms with Gasteiger partial charge in [0.1, 0.15) is 0 Å². The molecule has 1 aromatic rings. The highest BCUT2D eigenvalue weighted by atomic mass is 16.7. The van der Waals surface area contributed by atoms with Crippen molar-refractivity contribution in [2.45, 2.75) is 32.7 Å². The Hall–Kier alpha value is -1.55. The van der Waals surface area contributed by atoms with Crippen molar-refractivity contribution in [1.82, 2.24) is 4.90 Å². The highest BCUT2D eigenvalue weighted by molar-refractivity contribution is 5.98. The summed E-state index contributed by atoms with van der Waals surface area (Å²) in [6.07, 6.45) is 2.61. The molecule has 20 heavy (non-hydrogen) atoms. The standard InChI is InChI=1S/C16H21NO3/c1-11(2)17(8-12-3-4-12)9-14(18)13-5-6-15-16(7-13)20-10-19-15/h5-7,11-12H,3-4,8-10H2,1-2H3.